The Kier molecular flexibility index (Phi) is 17.4. The smallest absolute Gasteiger partial charge is 0.143 e. The number of hydrogen-bond donors (Lipinski definition) is 0. The summed E-state index contributed by atoms with van der Waals surface area (Å²) in [6, 6.07) is 165. The number of para-hydroxylation sites is 8. The first-order chi connectivity index (χ1) is 64.5. The molecule has 1 aliphatic carbocycles. The number of fused-ring (bicyclic) bond motifs is 18. The van der Waals surface area contributed by atoms with E-state index in [1.807, 2.05) is 0 Å². The monoisotopic (exact) mass is 1660 g/mol. The first-order valence-corrected chi connectivity index (χ1v) is 44.8. The topological polar surface area (TPSA) is 38.7 Å². The summed E-state index contributed by atoms with van der Waals surface area (Å²) in [6.45, 7) is 0. The largest absolute Gasteiger partial charge is 0.484 e. The molecule has 0 bridgehead atoms. The van der Waals surface area contributed by atoms with Crippen molar-refractivity contribution in [1.29, 1.82) is 0 Å². The number of anilines is 6. The van der Waals surface area contributed by atoms with E-state index in [4.69, 9.17) is 9.15 Å². The number of ether oxygens (including phenoxy) is 1. The van der Waals surface area contributed by atoms with Crippen LogP contribution in [0.2, 0.25) is 0 Å². The van der Waals surface area contributed by atoms with Crippen LogP contribution in [-0.2, 0) is 0 Å². The van der Waals surface area contributed by atoms with E-state index in [2.05, 4.69) is 492 Å². The summed E-state index contributed by atoms with van der Waals surface area (Å²) < 4.78 is 18.9. The third-order valence-electron chi connectivity index (χ3n) is 27.2. The predicted octanol–water partition coefficient (Wildman–Crippen LogP) is 34.0. The van der Waals surface area contributed by atoms with Crippen molar-refractivity contribution in [2.24, 2.45) is 0 Å². The quantitative estimate of drug-likeness (QED) is 0.0959. The van der Waals surface area contributed by atoms with Gasteiger partial charge in [-0.05, 0) is 244 Å². The molecule has 0 saturated heterocycles. The fourth-order valence-corrected chi connectivity index (χ4v) is 21.2. The SMILES string of the molecule is C1=CC2Oc3c(-c4ccc(N(c5cccc(-c6ccccc6-n6c7ccccc7c7ccccc76)c5)c5cccc(-c6cc7ccccc7c7ccc(-c8ccc(-c9ccc(N(c%10ccc(-c%11ccc%12c(ccc%13ccccc%13%12)c%11)cc%10)c%10cccc(-c%11ccccc%11-n%11c%12ccccc%12c%12ccccc%12%11)c%10)cc9)c9oc%10ccccc%10c89)cc67)c5)cc4)cccc3C2C=C1. The summed E-state index contributed by atoms with van der Waals surface area (Å²) in [5.41, 5.74) is 31.4. The molecule has 3 aromatic heterocycles. The van der Waals surface area contributed by atoms with Crippen molar-refractivity contribution in [3.63, 3.8) is 0 Å². The van der Waals surface area contributed by atoms with E-state index in [-0.39, 0.29) is 12.0 Å². The standard InChI is InChI=1S/C124H80N4O2/c1-3-33-96-80(25-1)53-54-88-73-83(61-69-98(88)96)79-55-63-90(64-56-79)125(93-30-21-27-84(74-93)99-35-5-13-45-114(99)127-116-47-15-7-37-105(116)106-38-8-16-48-117(106)127)91-65-59-82(60-66-91)103-72-71-101(122-111-42-12-20-52-121(111)130-124(103)122)89-62-70-104-97-34-4-2-26-87(97)77-112(113(104)78-89)86-29-23-32-95(76-86)126(92-67-57-81(58-68-92)102-43-24-44-110-109-41-11-19-51-120(109)129-123(102)110)94-31-22-28-85(75-94)100-36-6-14-46-115(100)128-118-49-17-9-39-107(118)108-40-10-18-50-119(108)128/h1-78,109,120H. The van der Waals surface area contributed by atoms with E-state index >= 15 is 0 Å². The average molecular weight is 1660 g/mol. The molecule has 608 valence electrons. The number of hydrogen-bond acceptors (Lipinski definition) is 4. The van der Waals surface area contributed by atoms with Gasteiger partial charge in [0.25, 0.3) is 0 Å². The van der Waals surface area contributed by atoms with Crippen LogP contribution in [-0.4, -0.2) is 15.2 Å². The molecule has 2 unspecified atom stereocenters. The Bertz CT molecular complexity index is 8700. The molecule has 21 aromatic carbocycles. The Labute approximate surface area is 751 Å². The first-order valence-electron chi connectivity index (χ1n) is 44.8. The lowest BCUT2D eigenvalue weighted by Gasteiger charge is -2.27. The Morgan fingerprint density at radius 1 is 0.223 bits per heavy atom. The number of allylic oxidation sites excluding steroid dienone is 2. The molecule has 2 atom stereocenters. The van der Waals surface area contributed by atoms with Gasteiger partial charge in [-0.15, -0.1) is 0 Å². The lowest BCUT2D eigenvalue weighted by molar-refractivity contribution is 0.270. The lowest BCUT2D eigenvalue weighted by Crippen LogP contribution is -2.15. The van der Waals surface area contributed by atoms with Crippen molar-refractivity contribution in [2.45, 2.75) is 12.0 Å². The minimum atomic E-state index is -0.0206. The van der Waals surface area contributed by atoms with E-state index in [1.54, 1.807) is 0 Å². The molecule has 4 heterocycles. The van der Waals surface area contributed by atoms with Crippen LogP contribution >= 0.6 is 0 Å². The maximum Gasteiger partial charge on any atom is 0.143 e. The van der Waals surface area contributed by atoms with Crippen molar-refractivity contribution in [3.05, 3.63) is 479 Å². The lowest BCUT2D eigenvalue weighted by atomic mass is 9.89. The molecule has 2 aliphatic rings. The van der Waals surface area contributed by atoms with Gasteiger partial charge < -0.3 is 28.1 Å². The second-order valence-corrected chi connectivity index (χ2v) is 34.4. The van der Waals surface area contributed by atoms with E-state index < -0.39 is 0 Å². The molecule has 0 radical (unpaired) electrons. The Balaban J connectivity index is 0.586. The Morgan fingerprint density at radius 3 is 1.24 bits per heavy atom. The summed E-state index contributed by atoms with van der Waals surface area (Å²) in [5.74, 6) is 1.14. The summed E-state index contributed by atoms with van der Waals surface area (Å²) in [4.78, 5) is 4.83. The van der Waals surface area contributed by atoms with Gasteiger partial charge in [0.2, 0.25) is 0 Å². The van der Waals surface area contributed by atoms with Gasteiger partial charge >= 0.3 is 0 Å². The summed E-state index contributed by atoms with van der Waals surface area (Å²) in [7, 11) is 0. The number of aromatic nitrogens is 2. The highest BCUT2D eigenvalue weighted by Crippen LogP contribution is 2.52. The van der Waals surface area contributed by atoms with Crippen molar-refractivity contribution in [3.8, 4) is 95.0 Å². The average Bonchev–Trinajstić information content (AvgIpc) is 1.43. The highest BCUT2D eigenvalue weighted by Gasteiger charge is 2.34. The third-order valence-corrected chi connectivity index (χ3v) is 27.2. The van der Waals surface area contributed by atoms with Crippen LogP contribution in [0.1, 0.15) is 11.5 Å². The van der Waals surface area contributed by atoms with Crippen LogP contribution in [0.15, 0.2) is 478 Å². The van der Waals surface area contributed by atoms with Crippen molar-refractivity contribution >= 4 is 143 Å². The van der Waals surface area contributed by atoms with Gasteiger partial charge in [-0.2, -0.15) is 0 Å². The Morgan fingerprint density at radius 2 is 0.638 bits per heavy atom. The van der Waals surface area contributed by atoms with E-state index in [0.29, 0.717) is 0 Å². The van der Waals surface area contributed by atoms with Gasteiger partial charge in [0, 0.05) is 100 Å². The van der Waals surface area contributed by atoms with Crippen LogP contribution in [0, 0.1) is 0 Å². The molecular weight excluding hydrogens is 1580 g/mol. The van der Waals surface area contributed by atoms with Crippen molar-refractivity contribution in [2.75, 3.05) is 9.80 Å². The molecule has 0 spiro atoms. The normalized spacial score (nSPS) is 13.5. The number of benzene rings is 21. The zero-order valence-corrected chi connectivity index (χ0v) is 70.8. The van der Waals surface area contributed by atoms with Gasteiger partial charge in [0.05, 0.1) is 33.4 Å². The highest BCUT2D eigenvalue weighted by molar-refractivity contribution is 6.20. The predicted molar refractivity (Wildman–Crippen MR) is 545 cm³/mol. The van der Waals surface area contributed by atoms with E-state index in [1.165, 1.54) is 92.4 Å². The second-order valence-electron chi connectivity index (χ2n) is 34.4. The van der Waals surface area contributed by atoms with Crippen LogP contribution in [0.5, 0.6) is 5.75 Å². The number of nitrogens with zero attached hydrogens (tertiary/aromatic N) is 4. The highest BCUT2D eigenvalue weighted by atomic mass is 16.5. The third kappa shape index (κ3) is 12.2. The maximum absolute atomic E-state index is 7.22. The van der Waals surface area contributed by atoms with Crippen LogP contribution in [0.3, 0.4) is 0 Å². The molecule has 6 nitrogen and oxygen atoms in total. The fourth-order valence-electron chi connectivity index (χ4n) is 21.2. The van der Waals surface area contributed by atoms with Crippen LogP contribution in [0.4, 0.5) is 34.1 Å². The van der Waals surface area contributed by atoms with E-state index in [9.17, 15) is 0 Å². The van der Waals surface area contributed by atoms with Gasteiger partial charge in [0.15, 0.2) is 0 Å². The fraction of sp³-hybridized carbons (Fsp3) is 0.0161. The van der Waals surface area contributed by atoms with E-state index in [0.717, 1.165) is 151 Å². The molecular formula is C124H80N4O2. The minimum Gasteiger partial charge on any atom is -0.484 e. The molecule has 6 heteroatoms. The Hall–Kier alpha value is -17.1. The second kappa shape index (κ2) is 30.4. The van der Waals surface area contributed by atoms with Gasteiger partial charge in [-0.25, -0.2) is 0 Å². The van der Waals surface area contributed by atoms with Crippen molar-refractivity contribution < 1.29 is 9.15 Å². The zero-order chi connectivity index (χ0) is 85.4. The molecule has 0 amide bonds. The molecule has 130 heavy (non-hydrogen) atoms. The van der Waals surface area contributed by atoms with Gasteiger partial charge in [-0.1, -0.05) is 328 Å². The molecule has 0 fully saturated rings. The van der Waals surface area contributed by atoms with Crippen LogP contribution < -0.4 is 14.5 Å². The summed E-state index contributed by atoms with van der Waals surface area (Å²) >= 11 is 0. The van der Waals surface area contributed by atoms with Gasteiger partial charge in [-0.3, -0.25) is 0 Å². The van der Waals surface area contributed by atoms with Crippen LogP contribution in [0.25, 0.3) is 198 Å². The molecule has 26 rings (SSSR count). The van der Waals surface area contributed by atoms with Crippen molar-refractivity contribution in [1.82, 2.24) is 9.13 Å². The zero-order valence-electron chi connectivity index (χ0n) is 70.8. The van der Waals surface area contributed by atoms with Gasteiger partial charge in [0.1, 0.15) is 23.0 Å². The molecule has 0 saturated carbocycles. The maximum atomic E-state index is 7.22. The molecule has 0 N–H and O–H groups in total. The molecule has 24 aromatic rings. The first kappa shape index (κ1) is 74.4. The molecule has 1 aliphatic heterocycles. The summed E-state index contributed by atoms with van der Waals surface area (Å²) in [6.07, 6.45) is 8.66. The number of rotatable bonds is 15. The minimum absolute atomic E-state index is 0.0206. The number of furan rings is 1. The summed E-state index contributed by atoms with van der Waals surface area (Å²) in [5, 5.41) is 16.7.